The standard InChI is InChI=1S/C17H26ClN/c1-7-8-9-13-10-11-14(18)12(2)15(13)16(3,4)17(5,6)19/h7,10-11H,1,8-9,19H2,2-6H3. The van der Waals surface area contributed by atoms with Gasteiger partial charge in [0.25, 0.3) is 0 Å². The predicted molar refractivity (Wildman–Crippen MR) is 86.0 cm³/mol. The highest BCUT2D eigenvalue weighted by Crippen LogP contribution is 2.39. The van der Waals surface area contributed by atoms with Crippen LogP contribution >= 0.6 is 11.6 Å². The number of halogens is 1. The minimum absolute atomic E-state index is 0.140. The number of nitrogens with two attached hydrogens (primary N) is 1. The van der Waals surface area contributed by atoms with Crippen molar-refractivity contribution < 1.29 is 0 Å². The fraction of sp³-hybridized carbons (Fsp3) is 0.529. The van der Waals surface area contributed by atoms with Gasteiger partial charge in [0.2, 0.25) is 0 Å². The molecule has 19 heavy (non-hydrogen) atoms. The van der Waals surface area contributed by atoms with Gasteiger partial charge in [0, 0.05) is 16.0 Å². The monoisotopic (exact) mass is 279 g/mol. The van der Waals surface area contributed by atoms with Crippen molar-refractivity contribution in [2.24, 2.45) is 5.73 Å². The van der Waals surface area contributed by atoms with Gasteiger partial charge in [-0.3, -0.25) is 0 Å². The summed E-state index contributed by atoms with van der Waals surface area (Å²) < 4.78 is 0. The number of rotatable bonds is 5. The molecule has 0 aliphatic rings. The van der Waals surface area contributed by atoms with E-state index in [9.17, 15) is 0 Å². The average molecular weight is 280 g/mol. The van der Waals surface area contributed by atoms with Crippen LogP contribution in [0, 0.1) is 6.92 Å². The molecule has 2 heteroatoms. The van der Waals surface area contributed by atoms with Gasteiger partial charge in [-0.25, -0.2) is 0 Å². The first-order valence-electron chi connectivity index (χ1n) is 6.81. The van der Waals surface area contributed by atoms with Crippen molar-refractivity contribution in [3.63, 3.8) is 0 Å². The zero-order valence-corrected chi connectivity index (χ0v) is 13.6. The lowest BCUT2D eigenvalue weighted by Crippen LogP contribution is -2.51. The van der Waals surface area contributed by atoms with Crippen LogP contribution in [-0.4, -0.2) is 5.54 Å². The molecule has 0 amide bonds. The third-order valence-electron chi connectivity index (χ3n) is 4.34. The highest BCUT2D eigenvalue weighted by molar-refractivity contribution is 6.31. The second-order valence-corrected chi connectivity index (χ2v) is 6.79. The van der Waals surface area contributed by atoms with Gasteiger partial charge in [-0.1, -0.05) is 37.6 Å². The molecule has 1 rings (SSSR count). The van der Waals surface area contributed by atoms with Crippen molar-refractivity contribution in [3.05, 3.63) is 46.5 Å². The van der Waals surface area contributed by atoms with Crippen LogP contribution in [0.4, 0.5) is 0 Å². The van der Waals surface area contributed by atoms with E-state index in [4.69, 9.17) is 17.3 Å². The number of aryl methyl sites for hydroxylation is 1. The highest BCUT2D eigenvalue weighted by Gasteiger charge is 2.37. The molecule has 0 saturated carbocycles. The first-order valence-corrected chi connectivity index (χ1v) is 7.19. The Morgan fingerprint density at radius 2 is 1.84 bits per heavy atom. The Kier molecular flexibility index (Phi) is 4.86. The molecular formula is C17H26ClN. The Bertz CT molecular complexity index is 467. The second-order valence-electron chi connectivity index (χ2n) is 6.38. The smallest absolute Gasteiger partial charge is 0.0438 e. The predicted octanol–water partition coefficient (Wildman–Crippen LogP) is 4.78. The molecule has 0 bridgehead atoms. The lowest BCUT2D eigenvalue weighted by Gasteiger charge is -2.41. The lowest BCUT2D eigenvalue weighted by atomic mass is 9.67. The van der Waals surface area contributed by atoms with E-state index >= 15 is 0 Å². The molecule has 0 atom stereocenters. The zero-order chi connectivity index (χ0) is 14.8. The molecule has 0 saturated heterocycles. The topological polar surface area (TPSA) is 26.0 Å². The van der Waals surface area contributed by atoms with Gasteiger partial charge in [0.1, 0.15) is 0 Å². The zero-order valence-electron chi connectivity index (χ0n) is 12.8. The minimum Gasteiger partial charge on any atom is -0.325 e. The number of allylic oxidation sites excluding steroid dienone is 1. The summed E-state index contributed by atoms with van der Waals surface area (Å²) in [4.78, 5) is 0. The van der Waals surface area contributed by atoms with E-state index in [1.165, 1.54) is 11.1 Å². The molecule has 0 radical (unpaired) electrons. The Morgan fingerprint density at radius 1 is 1.26 bits per heavy atom. The fourth-order valence-electron chi connectivity index (χ4n) is 2.40. The van der Waals surface area contributed by atoms with Crippen LogP contribution in [0.5, 0.6) is 0 Å². The molecule has 0 heterocycles. The first-order chi connectivity index (χ1) is 8.63. The van der Waals surface area contributed by atoms with Crippen LogP contribution in [0.1, 0.15) is 50.8 Å². The Labute approximate surface area is 122 Å². The summed E-state index contributed by atoms with van der Waals surface area (Å²) in [6.07, 6.45) is 3.90. The van der Waals surface area contributed by atoms with Crippen molar-refractivity contribution in [1.82, 2.24) is 0 Å². The van der Waals surface area contributed by atoms with Crippen molar-refractivity contribution >= 4 is 11.6 Å². The number of hydrogen-bond acceptors (Lipinski definition) is 1. The Balaban J connectivity index is 3.46. The minimum atomic E-state index is -0.314. The van der Waals surface area contributed by atoms with E-state index in [0.717, 1.165) is 23.4 Å². The maximum Gasteiger partial charge on any atom is 0.0438 e. The highest BCUT2D eigenvalue weighted by atomic mass is 35.5. The van der Waals surface area contributed by atoms with E-state index in [1.807, 2.05) is 12.1 Å². The van der Waals surface area contributed by atoms with Gasteiger partial charge >= 0.3 is 0 Å². The van der Waals surface area contributed by atoms with Crippen LogP contribution in [0.2, 0.25) is 5.02 Å². The normalized spacial score (nSPS) is 12.6. The van der Waals surface area contributed by atoms with Gasteiger partial charge in [0.15, 0.2) is 0 Å². The summed E-state index contributed by atoms with van der Waals surface area (Å²) in [7, 11) is 0. The summed E-state index contributed by atoms with van der Waals surface area (Å²) in [5.41, 5.74) is 9.70. The summed E-state index contributed by atoms with van der Waals surface area (Å²) in [6, 6.07) is 4.11. The molecule has 0 fully saturated rings. The van der Waals surface area contributed by atoms with Gasteiger partial charge in [-0.05, 0) is 56.4 Å². The Hall–Kier alpha value is -0.790. The molecule has 0 spiro atoms. The molecule has 106 valence electrons. The average Bonchev–Trinajstić information content (AvgIpc) is 2.28. The molecule has 0 aliphatic carbocycles. The van der Waals surface area contributed by atoms with E-state index in [1.54, 1.807) is 0 Å². The molecular weight excluding hydrogens is 254 g/mol. The van der Waals surface area contributed by atoms with Crippen LogP contribution in [0.15, 0.2) is 24.8 Å². The van der Waals surface area contributed by atoms with E-state index in [2.05, 4.69) is 47.3 Å². The maximum absolute atomic E-state index is 6.40. The largest absolute Gasteiger partial charge is 0.325 e. The first kappa shape index (κ1) is 16.3. The molecule has 0 aliphatic heterocycles. The third kappa shape index (κ3) is 3.21. The number of hydrogen-bond donors (Lipinski definition) is 1. The summed E-state index contributed by atoms with van der Waals surface area (Å²) >= 11 is 6.32. The van der Waals surface area contributed by atoms with Gasteiger partial charge < -0.3 is 5.73 Å². The summed E-state index contributed by atoms with van der Waals surface area (Å²) in [5, 5.41) is 0.815. The van der Waals surface area contributed by atoms with Gasteiger partial charge in [0.05, 0.1) is 0 Å². The molecule has 0 unspecified atom stereocenters. The van der Waals surface area contributed by atoms with Crippen molar-refractivity contribution in [1.29, 1.82) is 0 Å². The second kappa shape index (κ2) is 5.68. The summed E-state index contributed by atoms with van der Waals surface area (Å²) in [5.74, 6) is 0. The van der Waals surface area contributed by atoms with Gasteiger partial charge in [-0.15, -0.1) is 6.58 Å². The molecule has 1 nitrogen and oxygen atoms in total. The molecule has 2 N–H and O–H groups in total. The fourth-order valence-corrected chi connectivity index (χ4v) is 2.56. The molecule has 1 aromatic carbocycles. The SMILES string of the molecule is C=CCCc1ccc(Cl)c(C)c1C(C)(C)C(C)(C)N. The van der Waals surface area contributed by atoms with Gasteiger partial charge in [-0.2, -0.15) is 0 Å². The van der Waals surface area contributed by atoms with E-state index in [0.29, 0.717) is 0 Å². The lowest BCUT2D eigenvalue weighted by molar-refractivity contribution is 0.303. The van der Waals surface area contributed by atoms with Crippen molar-refractivity contribution in [2.75, 3.05) is 0 Å². The quantitative estimate of drug-likeness (QED) is 0.771. The van der Waals surface area contributed by atoms with Crippen LogP contribution < -0.4 is 5.73 Å². The van der Waals surface area contributed by atoms with E-state index in [-0.39, 0.29) is 11.0 Å². The van der Waals surface area contributed by atoms with Crippen LogP contribution in [-0.2, 0) is 11.8 Å². The summed E-state index contributed by atoms with van der Waals surface area (Å²) in [6.45, 7) is 14.4. The van der Waals surface area contributed by atoms with Crippen molar-refractivity contribution in [2.45, 2.75) is 58.4 Å². The van der Waals surface area contributed by atoms with E-state index < -0.39 is 0 Å². The van der Waals surface area contributed by atoms with Crippen LogP contribution in [0.3, 0.4) is 0 Å². The molecule has 1 aromatic rings. The number of benzene rings is 1. The maximum atomic E-state index is 6.40. The van der Waals surface area contributed by atoms with Crippen LogP contribution in [0.25, 0.3) is 0 Å². The van der Waals surface area contributed by atoms with Crippen molar-refractivity contribution in [3.8, 4) is 0 Å². The molecule has 0 aromatic heterocycles. The Morgan fingerprint density at radius 3 is 2.32 bits per heavy atom. The third-order valence-corrected chi connectivity index (χ3v) is 4.75.